The number of nitrogens with one attached hydrogen (secondary N) is 1. The standard InChI is InChI=1S/C16H15BrClF2N/c1-3-21-16(10-5-4-9(2)6-13(10)18)11-7-15(20)12(17)8-14(11)19/h4-8,16,21H,3H2,1-2H3. The highest BCUT2D eigenvalue weighted by atomic mass is 79.9. The molecule has 0 aliphatic heterocycles. The van der Waals surface area contributed by atoms with Crippen LogP contribution in [0.15, 0.2) is 34.8 Å². The van der Waals surface area contributed by atoms with Crippen molar-refractivity contribution in [2.45, 2.75) is 19.9 Å². The first-order valence-corrected chi connectivity index (χ1v) is 7.75. The number of halogens is 4. The van der Waals surface area contributed by atoms with Crippen LogP contribution in [0.3, 0.4) is 0 Å². The maximum Gasteiger partial charge on any atom is 0.137 e. The summed E-state index contributed by atoms with van der Waals surface area (Å²) in [6.45, 7) is 4.44. The Morgan fingerprint density at radius 1 is 1.14 bits per heavy atom. The van der Waals surface area contributed by atoms with Crippen molar-refractivity contribution in [3.8, 4) is 0 Å². The van der Waals surface area contributed by atoms with Gasteiger partial charge in [0.1, 0.15) is 11.6 Å². The van der Waals surface area contributed by atoms with Gasteiger partial charge in [0.15, 0.2) is 0 Å². The van der Waals surface area contributed by atoms with Gasteiger partial charge < -0.3 is 5.32 Å². The molecular formula is C16H15BrClF2N. The second kappa shape index (κ2) is 6.86. The fourth-order valence-electron chi connectivity index (χ4n) is 2.22. The van der Waals surface area contributed by atoms with Gasteiger partial charge in [-0.15, -0.1) is 0 Å². The predicted octanol–water partition coefficient (Wildman–Crippen LogP) is 5.39. The Labute approximate surface area is 136 Å². The van der Waals surface area contributed by atoms with Crippen LogP contribution in [0.2, 0.25) is 5.02 Å². The summed E-state index contributed by atoms with van der Waals surface area (Å²) >= 11 is 9.25. The zero-order valence-corrected chi connectivity index (χ0v) is 14.0. The van der Waals surface area contributed by atoms with E-state index in [0.29, 0.717) is 11.6 Å². The van der Waals surface area contributed by atoms with Crippen LogP contribution in [-0.2, 0) is 0 Å². The summed E-state index contributed by atoms with van der Waals surface area (Å²) in [5, 5.41) is 3.69. The van der Waals surface area contributed by atoms with Crippen molar-refractivity contribution in [3.05, 3.63) is 68.2 Å². The lowest BCUT2D eigenvalue weighted by Gasteiger charge is -2.21. The molecule has 1 atom stereocenters. The maximum absolute atomic E-state index is 14.2. The SMILES string of the molecule is CCNC(c1cc(F)c(Br)cc1F)c1ccc(C)cc1Cl. The van der Waals surface area contributed by atoms with Gasteiger partial charge in [-0.1, -0.05) is 30.7 Å². The Bertz CT molecular complexity index is 661. The second-order valence-electron chi connectivity index (χ2n) is 4.80. The van der Waals surface area contributed by atoms with Crippen molar-refractivity contribution >= 4 is 27.5 Å². The third-order valence-electron chi connectivity index (χ3n) is 3.23. The number of aryl methyl sites for hydroxylation is 1. The van der Waals surface area contributed by atoms with Gasteiger partial charge in [-0.05, 0) is 58.7 Å². The Kier molecular flexibility index (Phi) is 5.36. The first-order chi connectivity index (χ1) is 9.93. The van der Waals surface area contributed by atoms with Crippen molar-refractivity contribution in [2.75, 3.05) is 6.54 Å². The van der Waals surface area contributed by atoms with Crippen LogP contribution in [0.5, 0.6) is 0 Å². The molecule has 0 bridgehead atoms. The van der Waals surface area contributed by atoms with Crippen LogP contribution >= 0.6 is 27.5 Å². The Morgan fingerprint density at radius 3 is 2.48 bits per heavy atom. The summed E-state index contributed by atoms with van der Waals surface area (Å²) < 4.78 is 28.1. The molecule has 1 nitrogen and oxygen atoms in total. The van der Waals surface area contributed by atoms with Gasteiger partial charge in [-0.25, -0.2) is 8.78 Å². The topological polar surface area (TPSA) is 12.0 Å². The second-order valence-corrected chi connectivity index (χ2v) is 6.07. The molecule has 21 heavy (non-hydrogen) atoms. The Balaban J connectivity index is 2.55. The Morgan fingerprint density at radius 2 is 1.86 bits per heavy atom. The van der Waals surface area contributed by atoms with E-state index in [2.05, 4.69) is 21.2 Å². The van der Waals surface area contributed by atoms with E-state index < -0.39 is 17.7 Å². The first-order valence-electron chi connectivity index (χ1n) is 6.58. The zero-order chi connectivity index (χ0) is 15.6. The smallest absolute Gasteiger partial charge is 0.137 e. The third kappa shape index (κ3) is 3.62. The molecule has 1 unspecified atom stereocenters. The molecule has 2 aromatic rings. The van der Waals surface area contributed by atoms with Crippen molar-refractivity contribution in [3.63, 3.8) is 0 Å². The van der Waals surface area contributed by atoms with E-state index in [1.165, 1.54) is 6.07 Å². The van der Waals surface area contributed by atoms with Gasteiger partial charge in [0.05, 0.1) is 10.5 Å². The summed E-state index contributed by atoms with van der Waals surface area (Å²) in [5.41, 5.74) is 1.98. The fourth-order valence-corrected chi connectivity index (χ4v) is 2.88. The summed E-state index contributed by atoms with van der Waals surface area (Å²) in [4.78, 5) is 0. The molecule has 0 aliphatic rings. The van der Waals surface area contributed by atoms with E-state index in [1.54, 1.807) is 0 Å². The average molecular weight is 375 g/mol. The summed E-state index contributed by atoms with van der Waals surface area (Å²) in [6.07, 6.45) is 0. The van der Waals surface area contributed by atoms with Gasteiger partial charge >= 0.3 is 0 Å². The highest BCUT2D eigenvalue weighted by molar-refractivity contribution is 9.10. The molecule has 0 aromatic heterocycles. The third-order valence-corrected chi connectivity index (χ3v) is 4.16. The van der Waals surface area contributed by atoms with Gasteiger partial charge in [0.25, 0.3) is 0 Å². The highest BCUT2D eigenvalue weighted by Gasteiger charge is 2.21. The molecule has 0 heterocycles. The molecule has 0 spiro atoms. The van der Waals surface area contributed by atoms with Gasteiger partial charge in [0, 0.05) is 10.6 Å². The quantitative estimate of drug-likeness (QED) is 0.708. The minimum Gasteiger partial charge on any atom is -0.306 e. The molecule has 0 fully saturated rings. The largest absolute Gasteiger partial charge is 0.306 e. The molecular weight excluding hydrogens is 360 g/mol. The van der Waals surface area contributed by atoms with Gasteiger partial charge in [0.2, 0.25) is 0 Å². The number of hydrogen-bond acceptors (Lipinski definition) is 1. The van der Waals surface area contributed by atoms with E-state index in [0.717, 1.165) is 17.2 Å². The zero-order valence-electron chi connectivity index (χ0n) is 11.7. The molecule has 0 amide bonds. The monoisotopic (exact) mass is 373 g/mol. The maximum atomic E-state index is 14.2. The van der Waals surface area contributed by atoms with E-state index >= 15 is 0 Å². The van der Waals surface area contributed by atoms with Gasteiger partial charge in [-0.3, -0.25) is 0 Å². The number of rotatable bonds is 4. The van der Waals surface area contributed by atoms with E-state index in [4.69, 9.17) is 11.6 Å². The highest BCUT2D eigenvalue weighted by Crippen LogP contribution is 2.32. The van der Waals surface area contributed by atoms with E-state index in [-0.39, 0.29) is 10.0 Å². The minimum atomic E-state index is -0.502. The lowest BCUT2D eigenvalue weighted by Crippen LogP contribution is -2.23. The van der Waals surface area contributed by atoms with Crippen LogP contribution in [0.4, 0.5) is 8.78 Å². The molecule has 5 heteroatoms. The van der Waals surface area contributed by atoms with E-state index in [9.17, 15) is 8.78 Å². The molecule has 112 valence electrons. The molecule has 2 rings (SSSR count). The summed E-state index contributed by atoms with van der Waals surface area (Å²) in [7, 11) is 0. The first kappa shape index (κ1) is 16.4. The molecule has 0 saturated carbocycles. The van der Waals surface area contributed by atoms with Crippen molar-refractivity contribution in [2.24, 2.45) is 0 Å². The molecule has 0 radical (unpaired) electrons. The van der Waals surface area contributed by atoms with Crippen molar-refractivity contribution in [1.82, 2.24) is 5.32 Å². The number of hydrogen-bond donors (Lipinski definition) is 1. The van der Waals surface area contributed by atoms with E-state index in [1.807, 2.05) is 32.0 Å². The number of benzene rings is 2. The van der Waals surface area contributed by atoms with Gasteiger partial charge in [-0.2, -0.15) is 0 Å². The molecule has 1 N–H and O–H groups in total. The summed E-state index contributed by atoms with van der Waals surface area (Å²) in [6, 6.07) is 7.39. The fraction of sp³-hybridized carbons (Fsp3) is 0.250. The summed E-state index contributed by atoms with van der Waals surface area (Å²) in [5.74, 6) is -0.983. The van der Waals surface area contributed by atoms with Crippen LogP contribution < -0.4 is 5.32 Å². The van der Waals surface area contributed by atoms with Crippen LogP contribution in [0.25, 0.3) is 0 Å². The molecule has 2 aromatic carbocycles. The lowest BCUT2D eigenvalue weighted by atomic mass is 9.97. The molecule has 0 aliphatic carbocycles. The lowest BCUT2D eigenvalue weighted by molar-refractivity contribution is 0.542. The minimum absolute atomic E-state index is 0.106. The van der Waals surface area contributed by atoms with Crippen molar-refractivity contribution in [1.29, 1.82) is 0 Å². The average Bonchev–Trinajstić information content (AvgIpc) is 2.41. The normalized spacial score (nSPS) is 12.5. The van der Waals surface area contributed by atoms with Crippen LogP contribution in [0, 0.1) is 18.6 Å². The van der Waals surface area contributed by atoms with Crippen LogP contribution in [-0.4, -0.2) is 6.54 Å². The van der Waals surface area contributed by atoms with Crippen LogP contribution in [0.1, 0.15) is 29.7 Å². The Hall–Kier alpha value is -0.970. The predicted molar refractivity (Wildman–Crippen MR) is 85.8 cm³/mol. The van der Waals surface area contributed by atoms with Crippen molar-refractivity contribution < 1.29 is 8.78 Å². The molecule has 0 saturated heterocycles.